The maximum absolute atomic E-state index is 15.0. The van der Waals surface area contributed by atoms with Crippen LogP contribution in [0.2, 0.25) is 5.02 Å². The minimum Gasteiger partial charge on any atom is -0.478 e. The Morgan fingerprint density at radius 1 is 0.925 bits per heavy atom. The Morgan fingerprint density at radius 2 is 1.55 bits per heavy atom. The number of carbonyl (C=O) groups is 3. The minimum absolute atomic E-state index is 0.0225. The van der Waals surface area contributed by atoms with Gasteiger partial charge < -0.3 is 24.6 Å². The number of aromatic carboxylic acids is 1. The van der Waals surface area contributed by atoms with Crippen LogP contribution < -0.4 is 15.0 Å². The number of hydrogen-bond acceptors (Lipinski definition) is 9. The molecule has 0 aliphatic carbocycles. The molecule has 0 saturated carbocycles. The molecule has 0 spiro atoms. The standard InChI is InChI=1S/C27H28ClFN4O7/c1-26(2,3)39-24(36)33(25(37)40-27(4,5)6)22-20(28)19(11-13-31-22)38-18-10-9-15(14-17(18)29)32-21-16(23(34)35)8-7-12-30-21/h7-14H,1-6H3,(H,30,32)(H,34,35). The van der Waals surface area contributed by atoms with Gasteiger partial charge in [0, 0.05) is 30.2 Å². The van der Waals surface area contributed by atoms with Crippen molar-refractivity contribution in [2.75, 3.05) is 10.2 Å². The van der Waals surface area contributed by atoms with E-state index >= 15 is 0 Å². The predicted molar refractivity (Wildman–Crippen MR) is 145 cm³/mol. The van der Waals surface area contributed by atoms with Crippen molar-refractivity contribution < 1.29 is 38.1 Å². The third kappa shape index (κ3) is 7.79. The molecule has 2 heterocycles. The molecule has 0 saturated heterocycles. The summed E-state index contributed by atoms with van der Waals surface area (Å²) in [5.74, 6) is -2.74. The van der Waals surface area contributed by atoms with Crippen molar-refractivity contribution >= 4 is 47.1 Å². The number of nitrogens with zero attached hydrogens (tertiary/aromatic N) is 3. The van der Waals surface area contributed by atoms with Gasteiger partial charge in [0.1, 0.15) is 27.6 Å². The first-order chi connectivity index (χ1) is 18.6. The molecule has 0 aliphatic heterocycles. The van der Waals surface area contributed by atoms with Crippen LogP contribution in [-0.2, 0) is 9.47 Å². The maximum atomic E-state index is 15.0. The van der Waals surface area contributed by atoms with E-state index < -0.39 is 35.2 Å². The highest BCUT2D eigenvalue weighted by molar-refractivity contribution is 6.35. The van der Waals surface area contributed by atoms with Crippen molar-refractivity contribution in [3.63, 3.8) is 0 Å². The number of rotatable bonds is 6. The number of carboxylic acids is 1. The van der Waals surface area contributed by atoms with Crippen LogP contribution in [0.5, 0.6) is 11.5 Å². The summed E-state index contributed by atoms with van der Waals surface area (Å²) in [6, 6.07) is 7.91. The molecule has 3 aromatic rings. The van der Waals surface area contributed by atoms with Crippen LogP contribution >= 0.6 is 11.6 Å². The quantitative estimate of drug-likeness (QED) is 0.311. The summed E-state index contributed by atoms with van der Waals surface area (Å²) < 4.78 is 31.3. The molecule has 0 bridgehead atoms. The Kier molecular flexibility index (Phi) is 8.83. The molecule has 2 N–H and O–H groups in total. The van der Waals surface area contributed by atoms with Crippen LogP contribution in [0.25, 0.3) is 0 Å². The highest BCUT2D eigenvalue weighted by Crippen LogP contribution is 2.38. The molecular weight excluding hydrogens is 547 g/mol. The zero-order chi connectivity index (χ0) is 29.8. The molecular formula is C27H28ClFN4O7. The molecule has 40 heavy (non-hydrogen) atoms. The van der Waals surface area contributed by atoms with E-state index in [2.05, 4.69) is 15.3 Å². The fraction of sp³-hybridized carbons (Fsp3) is 0.296. The first-order valence-electron chi connectivity index (χ1n) is 11.9. The number of imide groups is 1. The van der Waals surface area contributed by atoms with E-state index in [1.807, 2.05) is 0 Å². The van der Waals surface area contributed by atoms with Crippen LogP contribution in [0.15, 0.2) is 48.8 Å². The van der Waals surface area contributed by atoms with Gasteiger partial charge in [-0.05, 0) is 65.8 Å². The molecule has 0 atom stereocenters. The fourth-order valence-electron chi connectivity index (χ4n) is 3.11. The van der Waals surface area contributed by atoms with E-state index in [-0.39, 0.29) is 39.4 Å². The number of ether oxygens (including phenoxy) is 3. The zero-order valence-corrected chi connectivity index (χ0v) is 23.4. The summed E-state index contributed by atoms with van der Waals surface area (Å²) in [6.07, 6.45) is 0.416. The van der Waals surface area contributed by atoms with Crippen molar-refractivity contribution in [1.29, 1.82) is 0 Å². The lowest BCUT2D eigenvalue weighted by Crippen LogP contribution is -2.44. The van der Waals surface area contributed by atoms with Gasteiger partial charge >= 0.3 is 18.2 Å². The minimum atomic E-state index is -1.20. The lowest BCUT2D eigenvalue weighted by molar-refractivity contribution is 0.0428. The van der Waals surface area contributed by atoms with Crippen molar-refractivity contribution in [2.45, 2.75) is 52.7 Å². The smallest absolute Gasteiger partial charge is 0.425 e. The number of amides is 2. The SMILES string of the molecule is CC(C)(C)OC(=O)N(C(=O)OC(C)(C)C)c1nccc(Oc2ccc(Nc3ncccc3C(=O)O)cc2F)c1Cl. The normalized spacial score (nSPS) is 11.4. The second kappa shape index (κ2) is 11.7. The van der Waals surface area contributed by atoms with Gasteiger partial charge in [0.2, 0.25) is 0 Å². The number of carbonyl (C=O) groups excluding carboxylic acids is 2. The van der Waals surface area contributed by atoms with Gasteiger partial charge in [-0.15, -0.1) is 0 Å². The van der Waals surface area contributed by atoms with E-state index in [1.165, 1.54) is 42.7 Å². The van der Waals surface area contributed by atoms with Gasteiger partial charge in [-0.3, -0.25) is 0 Å². The molecule has 0 aliphatic rings. The number of nitrogens with one attached hydrogen (secondary N) is 1. The molecule has 1 aromatic carbocycles. The fourth-order valence-corrected chi connectivity index (χ4v) is 3.34. The number of pyridine rings is 2. The van der Waals surface area contributed by atoms with Crippen molar-refractivity contribution in [2.24, 2.45) is 0 Å². The number of hydrogen-bond donors (Lipinski definition) is 2. The van der Waals surface area contributed by atoms with E-state index in [9.17, 15) is 23.9 Å². The second-order valence-corrected chi connectivity index (χ2v) is 10.7. The van der Waals surface area contributed by atoms with Crippen LogP contribution in [0.1, 0.15) is 51.9 Å². The maximum Gasteiger partial charge on any atom is 0.425 e. The number of carboxylic acid groups (broad SMARTS) is 1. The molecule has 0 unspecified atom stereocenters. The summed E-state index contributed by atoms with van der Waals surface area (Å²) >= 11 is 6.48. The summed E-state index contributed by atoms with van der Waals surface area (Å²) in [6.45, 7) is 9.69. The second-order valence-electron chi connectivity index (χ2n) is 10.3. The first-order valence-corrected chi connectivity index (χ1v) is 12.3. The Bertz CT molecular complexity index is 1410. The van der Waals surface area contributed by atoms with E-state index in [4.69, 9.17) is 25.8 Å². The van der Waals surface area contributed by atoms with Gasteiger partial charge in [0.15, 0.2) is 23.1 Å². The van der Waals surface area contributed by atoms with Crippen LogP contribution in [0, 0.1) is 5.82 Å². The van der Waals surface area contributed by atoms with Gasteiger partial charge in [0.05, 0.1) is 0 Å². The molecule has 3 rings (SSSR count). The predicted octanol–water partition coefficient (Wildman–Crippen LogP) is 7.18. The van der Waals surface area contributed by atoms with E-state index in [0.29, 0.717) is 4.90 Å². The number of aromatic nitrogens is 2. The third-order valence-electron chi connectivity index (χ3n) is 4.65. The largest absolute Gasteiger partial charge is 0.478 e. The summed E-state index contributed by atoms with van der Waals surface area (Å²) in [5, 5.41) is 11.8. The average Bonchev–Trinajstić information content (AvgIpc) is 2.81. The number of anilines is 3. The zero-order valence-electron chi connectivity index (χ0n) is 22.6. The Labute approximate surface area is 234 Å². The molecule has 2 aromatic heterocycles. The van der Waals surface area contributed by atoms with Crippen LogP contribution in [-0.4, -0.2) is 44.4 Å². The van der Waals surface area contributed by atoms with Crippen molar-refractivity contribution in [3.05, 3.63) is 65.2 Å². The van der Waals surface area contributed by atoms with Crippen molar-refractivity contribution in [1.82, 2.24) is 9.97 Å². The highest BCUT2D eigenvalue weighted by Gasteiger charge is 2.35. The van der Waals surface area contributed by atoms with Gasteiger partial charge in [0.25, 0.3) is 0 Å². The number of halogens is 2. The topological polar surface area (TPSA) is 140 Å². The molecule has 11 nitrogen and oxygen atoms in total. The van der Waals surface area contributed by atoms with Gasteiger partial charge in [-0.1, -0.05) is 11.6 Å². The molecule has 212 valence electrons. The Balaban J connectivity index is 1.92. The van der Waals surface area contributed by atoms with Crippen LogP contribution in [0.3, 0.4) is 0 Å². The molecule has 0 fully saturated rings. The molecule has 2 amide bonds. The molecule has 0 radical (unpaired) electrons. The summed E-state index contributed by atoms with van der Waals surface area (Å²) in [7, 11) is 0. The van der Waals surface area contributed by atoms with Crippen molar-refractivity contribution in [3.8, 4) is 11.5 Å². The lowest BCUT2D eigenvalue weighted by atomic mass is 10.2. The van der Waals surface area contributed by atoms with Gasteiger partial charge in [-0.2, -0.15) is 4.90 Å². The number of benzene rings is 1. The summed E-state index contributed by atoms with van der Waals surface area (Å²) in [5.41, 5.74) is -1.82. The Morgan fingerprint density at radius 3 is 2.10 bits per heavy atom. The van der Waals surface area contributed by atoms with Gasteiger partial charge in [-0.25, -0.2) is 28.7 Å². The van der Waals surface area contributed by atoms with Crippen LogP contribution in [0.4, 0.5) is 31.3 Å². The molecule has 13 heteroatoms. The van der Waals surface area contributed by atoms with E-state index in [0.717, 1.165) is 6.07 Å². The highest BCUT2D eigenvalue weighted by atomic mass is 35.5. The van der Waals surface area contributed by atoms with E-state index in [1.54, 1.807) is 41.5 Å². The average molecular weight is 575 g/mol. The first kappa shape index (κ1) is 30.1. The Hall–Kier alpha value is -4.45. The lowest BCUT2D eigenvalue weighted by Gasteiger charge is -2.28. The summed E-state index contributed by atoms with van der Waals surface area (Å²) in [4.78, 5) is 45.9. The monoisotopic (exact) mass is 574 g/mol. The third-order valence-corrected chi connectivity index (χ3v) is 5.01.